The highest BCUT2D eigenvalue weighted by Crippen LogP contribution is 2.31. The summed E-state index contributed by atoms with van der Waals surface area (Å²) >= 11 is 0. The predicted octanol–water partition coefficient (Wildman–Crippen LogP) is 3.62. The molecule has 6 nitrogen and oxygen atoms in total. The van der Waals surface area contributed by atoms with Crippen molar-refractivity contribution in [2.75, 3.05) is 25.5 Å². The first-order valence-corrected chi connectivity index (χ1v) is 9.63. The van der Waals surface area contributed by atoms with Gasteiger partial charge in [-0.3, -0.25) is 9.79 Å². The van der Waals surface area contributed by atoms with Crippen LogP contribution in [0.1, 0.15) is 23.6 Å². The van der Waals surface area contributed by atoms with Gasteiger partial charge in [0.1, 0.15) is 0 Å². The second kappa shape index (κ2) is 9.78. The van der Waals surface area contributed by atoms with Gasteiger partial charge in [-0.1, -0.05) is 36.4 Å². The SMILES string of the molecule is CN=C(NCCc1cc2ccccc2[nH]1)NCC1CC(=O)Nc2ccccc21.I. The van der Waals surface area contributed by atoms with E-state index in [2.05, 4.69) is 50.2 Å². The molecule has 0 aliphatic carbocycles. The summed E-state index contributed by atoms with van der Waals surface area (Å²) in [6.07, 6.45) is 1.36. The smallest absolute Gasteiger partial charge is 0.225 e. The molecule has 2 aromatic carbocycles. The number of hydrogen-bond donors (Lipinski definition) is 4. The number of benzene rings is 2. The van der Waals surface area contributed by atoms with E-state index in [0.29, 0.717) is 13.0 Å². The molecule has 7 heteroatoms. The third kappa shape index (κ3) is 5.09. The normalized spacial score (nSPS) is 16.0. The molecule has 0 spiro atoms. The Morgan fingerprint density at radius 1 is 1.14 bits per heavy atom. The highest BCUT2D eigenvalue weighted by atomic mass is 127. The first-order valence-electron chi connectivity index (χ1n) is 9.63. The molecular formula is C22H26IN5O. The van der Waals surface area contributed by atoms with E-state index in [1.807, 2.05) is 30.3 Å². The summed E-state index contributed by atoms with van der Waals surface area (Å²) in [6.45, 7) is 1.44. The van der Waals surface area contributed by atoms with Gasteiger partial charge in [-0.2, -0.15) is 0 Å². The standard InChI is InChI=1S/C22H25N5O.HI/c1-23-22(24-11-10-17-12-15-6-2-4-8-19(15)26-17)25-14-16-13-21(28)27-20-9-5-3-7-18(16)20;/h2-9,12,16,26H,10-11,13-14H2,1H3,(H,27,28)(H2,23,24,25);1H. The number of nitrogens with one attached hydrogen (secondary N) is 4. The molecule has 29 heavy (non-hydrogen) atoms. The fourth-order valence-electron chi connectivity index (χ4n) is 3.71. The molecule has 4 rings (SSSR count). The van der Waals surface area contributed by atoms with E-state index < -0.39 is 0 Å². The molecule has 0 fully saturated rings. The minimum atomic E-state index is 0. The third-order valence-electron chi connectivity index (χ3n) is 5.12. The zero-order chi connectivity index (χ0) is 19.3. The number of halogens is 1. The van der Waals surface area contributed by atoms with Gasteiger partial charge in [0.15, 0.2) is 5.96 Å². The maximum atomic E-state index is 12.0. The monoisotopic (exact) mass is 503 g/mol. The Balaban J connectivity index is 0.00000240. The Hall–Kier alpha value is -2.55. The van der Waals surface area contributed by atoms with Gasteiger partial charge in [-0.25, -0.2) is 0 Å². The highest BCUT2D eigenvalue weighted by molar-refractivity contribution is 14.0. The van der Waals surface area contributed by atoms with Crippen molar-refractivity contribution < 1.29 is 4.79 Å². The number of aromatic amines is 1. The van der Waals surface area contributed by atoms with E-state index in [1.54, 1.807) is 7.05 Å². The van der Waals surface area contributed by atoms with Crippen molar-refractivity contribution in [2.45, 2.75) is 18.8 Å². The Kier molecular flexibility index (Phi) is 7.13. The average molecular weight is 503 g/mol. The van der Waals surface area contributed by atoms with Crippen LogP contribution in [-0.4, -0.2) is 37.0 Å². The molecule has 1 aliphatic heterocycles. The first kappa shape index (κ1) is 21.2. The van der Waals surface area contributed by atoms with Crippen LogP contribution < -0.4 is 16.0 Å². The molecule has 4 N–H and O–H groups in total. The molecule has 0 saturated carbocycles. The molecule has 0 radical (unpaired) electrons. The molecule has 0 bridgehead atoms. The summed E-state index contributed by atoms with van der Waals surface area (Å²) in [4.78, 5) is 19.7. The van der Waals surface area contributed by atoms with Gasteiger partial charge in [-0.05, 0) is 29.1 Å². The van der Waals surface area contributed by atoms with Gasteiger partial charge >= 0.3 is 0 Å². The topological polar surface area (TPSA) is 81.3 Å². The van der Waals surface area contributed by atoms with Crippen molar-refractivity contribution >= 4 is 52.4 Å². The number of rotatable bonds is 5. The van der Waals surface area contributed by atoms with Gasteiger partial charge in [0.25, 0.3) is 0 Å². The van der Waals surface area contributed by atoms with Crippen LogP contribution in [0.4, 0.5) is 5.69 Å². The van der Waals surface area contributed by atoms with Crippen molar-refractivity contribution in [1.29, 1.82) is 0 Å². The average Bonchev–Trinajstić information content (AvgIpc) is 3.13. The lowest BCUT2D eigenvalue weighted by atomic mass is 9.90. The van der Waals surface area contributed by atoms with Crippen molar-refractivity contribution in [3.63, 3.8) is 0 Å². The zero-order valence-electron chi connectivity index (χ0n) is 16.4. The van der Waals surface area contributed by atoms with Crippen molar-refractivity contribution in [3.8, 4) is 0 Å². The predicted molar refractivity (Wildman–Crippen MR) is 129 cm³/mol. The Labute approximate surface area is 187 Å². The lowest BCUT2D eigenvalue weighted by Crippen LogP contribution is -2.41. The van der Waals surface area contributed by atoms with Gasteiger partial charge < -0.3 is 20.9 Å². The first-order chi connectivity index (χ1) is 13.7. The van der Waals surface area contributed by atoms with Crippen molar-refractivity contribution in [3.05, 3.63) is 65.9 Å². The van der Waals surface area contributed by atoms with Gasteiger partial charge in [-0.15, -0.1) is 24.0 Å². The second-order valence-electron chi connectivity index (χ2n) is 7.05. The summed E-state index contributed by atoms with van der Waals surface area (Å²) in [6, 6.07) is 18.5. The molecule has 1 atom stereocenters. The van der Waals surface area contributed by atoms with Gasteiger partial charge in [0, 0.05) is 55.8 Å². The zero-order valence-corrected chi connectivity index (χ0v) is 18.7. The number of carbonyl (C=O) groups excluding carboxylic acids is 1. The number of anilines is 1. The summed E-state index contributed by atoms with van der Waals surface area (Å²) in [7, 11) is 1.76. The number of amides is 1. The molecule has 3 aromatic rings. The molecular weight excluding hydrogens is 477 g/mol. The third-order valence-corrected chi connectivity index (χ3v) is 5.12. The Bertz CT molecular complexity index is 980. The number of fused-ring (bicyclic) bond motifs is 2. The minimum absolute atomic E-state index is 0. The molecule has 1 unspecified atom stereocenters. The number of aromatic nitrogens is 1. The fourth-order valence-corrected chi connectivity index (χ4v) is 3.71. The van der Waals surface area contributed by atoms with Crippen LogP contribution in [0.5, 0.6) is 0 Å². The second-order valence-corrected chi connectivity index (χ2v) is 7.05. The summed E-state index contributed by atoms with van der Waals surface area (Å²) in [5.74, 6) is 0.948. The van der Waals surface area contributed by atoms with E-state index in [4.69, 9.17) is 0 Å². The van der Waals surface area contributed by atoms with Crippen LogP contribution in [0.15, 0.2) is 59.6 Å². The van der Waals surface area contributed by atoms with Crippen LogP contribution in [0.3, 0.4) is 0 Å². The van der Waals surface area contributed by atoms with E-state index in [0.717, 1.165) is 30.1 Å². The largest absolute Gasteiger partial charge is 0.358 e. The number of hydrogen-bond acceptors (Lipinski definition) is 2. The summed E-state index contributed by atoms with van der Waals surface area (Å²) in [5, 5.41) is 10.9. The Morgan fingerprint density at radius 3 is 2.76 bits per heavy atom. The summed E-state index contributed by atoms with van der Waals surface area (Å²) < 4.78 is 0. The minimum Gasteiger partial charge on any atom is -0.358 e. The molecule has 1 amide bonds. The highest BCUT2D eigenvalue weighted by Gasteiger charge is 2.24. The number of para-hydroxylation sites is 2. The number of guanidine groups is 1. The lowest BCUT2D eigenvalue weighted by Gasteiger charge is -2.26. The molecule has 152 valence electrons. The quantitative estimate of drug-likeness (QED) is 0.244. The maximum absolute atomic E-state index is 12.0. The van der Waals surface area contributed by atoms with Crippen LogP contribution in [0.2, 0.25) is 0 Å². The number of nitrogens with zero attached hydrogens (tertiary/aromatic N) is 1. The van der Waals surface area contributed by atoms with E-state index >= 15 is 0 Å². The van der Waals surface area contributed by atoms with Crippen LogP contribution >= 0.6 is 24.0 Å². The lowest BCUT2D eigenvalue weighted by molar-refractivity contribution is -0.116. The van der Waals surface area contributed by atoms with Crippen molar-refractivity contribution in [2.24, 2.45) is 4.99 Å². The van der Waals surface area contributed by atoms with Gasteiger partial charge in [0.05, 0.1) is 0 Å². The molecule has 1 aromatic heterocycles. The summed E-state index contributed by atoms with van der Waals surface area (Å²) in [5.41, 5.74) is 4.44. The number of H-pyrrole nitrogens is 1. The number of aliphatic imine (C=N–C) groups is 1. The van der Waals surface area contributed by atoms with Crippen molar-refractivity contribution in [1.82, 2.24) is 15.6 Å². The van der Waals surface area contributed by atoms with Gasteiger partial charge in [0.2, 0.25) is 5.91 Å². The van der Waals surface area contributed by atoms with Crippen LogP contribution in [-0.2, 0) is 11.2 Å². The van der Waals surface area contributed by atoms with E-state index in [1.165, 1.54) is 16.6 Å². The molecule has 0 saturated heterocycles. The molecule has 1 aliphatic rings. The van der Waals surface area contributed by atoms with Crippen LogP contribution in [0.25, 0.3) is 10.9 Å². The van der Waals surface area contributed by atoms with E-state index in [9.17, 15) is 4.79 Å². The maximum Gasteiger partial charge on any atom is 0.225 e. The van der Waals surface area contributed by atoms with Crippen LogP contribution in [0, 0.1) is 0 Å². The number of carbonyl (C=O) groups is 1. The Morgan fingerprint density at radius 2 is 1.93 bits per heavy atom. The van der Waals surface area contributed by atoms with E-state index in [-0.39, 0.29) is 35.8 Å². The fraction of sp³-hybridized carbons (Fsp3) is 0.273. The molecule has 2 heterocycles.